The number of carbonyl (C=O) groups is 1. The summed E-state index contributed by atoms with van der Waals surface area (Å²) in [7, 11) is 0. The first kappa shape index (κ1) is 23.1. The van der Waals surface area contributed by atoms with E-state index in [9.17, 15) is 4.79 Å². The van der Waals surface area contributed by atoms with E-state index in [1.807, 2.05) is 0 Å². The molecule has 182 valence electrons. The van der Waals surface area contributed by atoms with Crippen LogP contribution in [0.15, 0.2) is 57.7 Å². The van der Waals surface area contributed by atoms with Crippen molar-refractivity contribution in [2.45, 2.75) is 70.9 Å². The van der Waals surface area contributed by atoms with Gasteiger partial charge in [0.15, 0.2) is 11.5 Å². The fourth-order valence-electron chi connectivity index (χ4n) is 4.62. The Bertz CT molecular complexity index is 1330. The van der Waals surface area contributed by atoms with Crippen molar-refractivity contribution >= 4 is 22.5 Å². The van der Waals surface area contributed by atoms with Crippen molar-refractivity contribution in [1.82, 2.24) is 15.5 Å². The fourth-order valence-corrected chi connectivity index (χ4v) is 4.62. The highest BCUT2D eigenvalue weighted by atomic mass is 16.5. The Morgan fingerprint density at radius 1 is 1.00 bits per heavy atom. The van der Waals surface area contributed by atoms with Crippen LogP contribution < -0.4 is 10.6 Å². The van der Waals surface area contributed by atoms with Crippen LogP contribution in [0.1, 0.15) is 68.2 Å². The number of hydrogen-bond acceptors (Lipinski definition) is 6. The number of aryl methyl sites for hydroxylation is 1. The zero-order valence-electron chi connectivity index (χ0n) is 20.7. The highest BCUT2D eigenvalue weighted by molar-refractivity contribution is 5.93. The molecule has 0 radical (unpaired) electrons. The fraction of sp³-hybridized carbons (Fsp3) is 0.393. The Morgan fingerprint density at radius 3 is 2.49 bits per heavy atom. The molecule has 1 aliphatic rings. The van der Waals surface area contributed by atoms with Gasteiger partial charge in [-0.05, 0) is 62.9 Å². The predicted molar refractivity (Wildman–Crippen MR) is 137 cm³/mol. The lowest BCUT2D eigenvalue weighted by atomic mass is 9.89. The summed E-state index contributed by atoms with van der Waals surface area (Å²) in [6, 6.07) is 14.3. The molecule has 0 spiro atoms. The van der Waals surface area contributed by atoms with Crippen LogP contribution in [0.2, 0.25) is 0 Å². The number of nitrogens with one attached hydrogen (secondary N) is 2. The number of pyridine rings is 1. The molecule has 5 rings (SSSR count). The number of furan rings is 1. The van der Waals surface area contributed by atoms with Crippen LogP contribution in [0, 0.1) is 6.92 Å². The van der Waals surface area contributed by atoms with E-state index >= 15 is 0 Å². The van der Waals surface area contributed by atoms with Crippen LogP contribution in [0.3, 0.4) is 0 Å². The third kappa shape index (κ3) is 5.09. The maximum absolute atomic E-state index is 12.7. The second-order valence-corrected chi connectivity index (χ2v) is 10.5. The van der Waals surface area contributed by atoms with E-state index in [4.69, 9.17) is 13.9 Å². The quantitative estimate of drug-likeness (QED) is 0.357. The lowest BCUT2D eigenvalue weighted by Crippen LogP contribution is -2.40. The number of aromatic nitrogens is 2. The van der Waals surface area contributed by atoms with Crippen LogP contribution in [0.25, 0.3) is 22.4 Å². The highest BCUT2D eigenvalue weighted by Crippen LogP contribution is 2.32. The summed E-state index contributed by atoms with van der Waals surface area (Å²) in [4.78, 5) is 17.6. The first-order valence-electron chi connectivity index (χ1n) is 12.3. The Balaban J connectivity index is 1.23. The second kappa shape index (κ2) is 9.21. The maximum Gasteiger partial charge on any atom is 0.273 e. The van der Waals surface area contributed by atoms with Crippen LogP contribution >= 0.6 is 0 Å². The zero-order valence-corrected chi connectivity index (χ0v) is 20.7. The van der Waals surface area contributed by atoms with Gasteiger partial charge in [-0.15, -0.1) is 0 Å². The summed E-state index contributed by atoms with van der Waals surface area (Å²) in [6.45, 7) is 8.69. The number of fused-ring (bicyclic) bond motifs is 1. The van der Waals surface area contributed by atoms with Gasteiger partial charge in [-0.3, -0.25) is 9.78 Å². The molecular formula is C28H32N4O3. The molecule has 3 heterocycles. The highest BCUT2D eigenvalue weighted by Gasteiger charge is 2.25. The number of nitrogens with zero attached hydrogens (tertiary/aromatic N) is 2. The minimum Gasteiger partial charge on any atom is -0.461 e. The van der Waals surface area contributed by atoms with Gasteiger partial charge in [0.25, 0.3) is 5.91 Å². The average molecular weight is 473 g/mol. The van der Waals surface area contributed by atoms with Gasteiger partial charge >= 0.3 is 0 Å². The van der Waals surface area contributed by atoms with E-state index in [2.05, 4.69) is 67.8 Å². The van der Waals surface area contributed by atoms with Crippen molar-refractivity contribution in [2.75, 3.05) is 5.32 Å². The van der Waals surface area contributed by atoms with Crippen molar-refractivity contribution in [2.24, 2.45) is 0 Å². The molecule has 4 aromatic rings. The van der Waals surface area contributed by atoms with E-state index in [1.54, 1.807) is 24.5 Å². The molecule has 1 saturated carbocycles. The third-order valence-corrected chi connectivity index (χ3v) is 6.66. The first-order valence-corrected chi connectivity index (χ1v) is 12.3. The summed E-state index contributed by atoms with van der Waals surface area (Å²) in [5.74, 6) is 0.785. The molecule has 0 atom stereocenters. The third-order valence-electron chi connectivity index (χ3n) is 6.66. The Morgan fingerprint density at radius 2 is 1.77 bits per heavy atom. The zero-order chi connectivity index (χ0) is 24.6. The van der Waals surface area contributed by atoms with Crippen LogP contribution in [0.5, 0.6) is 0 Å². The molecule has 7 heteroatoms. The van der Waals surface area contributed by atoms with Gasteiger partial charge in [-0.25, -0.2) is 0 Å². The molecule has 1 aliphatic carbocycles. The smallest absolute Gasteiger partial charge is 0.273 e. The van der Waals surface area contributed by atoms with Gasteiger partial charge < -0.3 is 19.6 Å². The molecule has 35 heavy (non-hydrogen) atoms. The monoisotopic (exact) mass is 472 g/mol. The van der Waals surface area contributed by atoms with Crippen molar-refractivity contribution in [3.63, 3.8) is 0 Å². The number of carbonyl (C=O) groups excluding carboxylic acids is 1. The SMILES string of the molecule is Cc1ccc2nc(C(C)(C)C)cc(NC3CCC(NC(=O)c4cc(-c5ccco5)on4)CC3)c2c1. The maximum atomic E-state index is 12.7. The van der Waals surface area contributed by atoms with Gasteiger partial charge in [-0.2, -0.15) is 0 Å². The molecule has 3 aromatic heterocycles. The van der Waals surface area contributed by atoms with Gasteiger partial charge in [0.2, 0.25) is 5.76 Å². The van der Waals surface area contributed by atoms with Crippen molar-refractivity contribution in [3.05, 3.63) is 65.7 Å². The van der Waals surface area contributed by atoms with E-state index < -0.39 is 0 Å². The lowest BCUT2D eigenvalue weighted by Gasteiger charge is -2.31. The predicted octanol–water partition coefficient (Wildman–Crippen LogP) is 6.24. The Labute approximate surface area is 205 Å². The number of hydrogen-bond donors (Lipinski definition) is 2. The van der Waals surface area contributed by atoms with Crippen molar-refractivity contribution < 1.29 is 13.7 Å². The molecular weight excluding hydrogens is 440 g/mol. The number of benzene rings is 1. The summed E-state index contributed by atoms with van der Waals surface area (Å²) in [5.41, 5.74) is 4.70. The molecule has 7 nitrogen and oxygen atoms in total. The number of amides is 1. The molecule has 0 saturated heterocycles. The molecule has 2 N–H and O–H groups in total. The van der Waals surface area contributed by atoms with Crippen LogP contribution in [-0.4, -0.2) is 28.1 Å². The molecule has 0 bridgehead atoms. The van der Waals surface area contributed by atoms with Gasteiger partial charge in [0.1, 0.15) is 0 Å². The molecule has 1 aromatic carbocycles. The molecule has 0 unspecified atom stereocenters. The van der Waals surface area contributed by atoms with Gasteiger partial charge in [0, 0.05) is 40.3 Å². The molecule has 1 amide bonds. The summed E-state index contributed by atoms with van der Waals surface area (Å²) >= 11 is 0. The Kier molecular flexibility index (Phi) is 6.09. The van der Waals surface area contributed by atoms with E-state index in [-0.39, 0.29) is 23.1 Å². The standard InChI is InChI=1S/C28H32N4O3/c1-17-7-12-21-20(14-17)22(16-26(31-21)28(2,3)4)29-18-8-10-19(11-9-18)30-27(33)23-15-25(35-32-23)24-6-5-13-34-24/h5-7,12-16,18-19H,8-11H2,1-4H3,(H,29,31)(H,30,33). The average Bonchev–Trinajstić information content (AvgIpc) is 3.52. The minimum atomic E-state index is -0.214. The summed E-state index contributed by atoms with van der Waals surface area (Å²) in [5, 5.41) is 12.0. The molecule has 1 fully saturated rings. The minimum absolute atomic E-state index is 0.0324. The largest absolute Gasteiger partial charge is 0.461 e. The van der Waals surface area contributed by atoms with Crippen LogP contribution in [-0.2, 0) is 5.41 Å². The van der Waals surface area contributed by atoms with Gasteiger partial charge in [0.05, 0.1) is 11.8 Å². The first-order chi connectivity index (χ1) is 16.8. The van der Waals surface area contributed by atoms with E-state index in [0.717, 1.165) is 48.0 Å². The molecule has 0 aliphatic heterocycles. The Hall–Kier alpha value is -3.61. The number of rotatable bonds is 5. The lowest BCUT2D eigenvalue weighted by molar-refractivity contribution is 0.0917. The second-order valence-electron chi connectivity index (χ2n) is 10.5. The van der Waals surface area contributed by atoms with Crippen molar-refractivity contribution in [3.8, 4) is 11.5 Å². The topological polar surface area (TPSA) is 93.2 Å². The van der Waals surface area contributed by atoms with Crippen molar-refractivity contribution in [1.29, 1.82) is 0 Å². The van der Waals surface area contributed by atoms with E-state index in [0.29, 0.717) is 17.6 Å². The van der Waals surface area contributed by atoms with E-state index in [1.165, 1.54) is 5.56 Å². The summed E-state index contributed by atoms with van der Waals surface area (Å²) in [6.07, 6.45) is 5.31. The normalized spacial score (nSPS) is 18.5. The summed E-state index contributed by atoms with van der Waals surface area (Å²) < 4.78 is 10.6. The number of anilines is 1. The van der Waals surface area contributed by atoms with Gasteiger partial charge in [-0.1, -0.05) is 37.6 Å². The van der Waals surface area contributed by atoms with Crippen LogP contribution in [0.4, 0.5) is 5.69 Å².